The van der Waals surface area contributed by atoms with Crippen LogP contribution in [-0.4, -0.2) is 13.1 Å². The highest BCUT2D eigenvalue weighted by Crippen LogP contribution is 2.29. The van der Waals surface area contributed by atoms with Gasteiger partial charge in [-0.3, -0.25) is 0 Å². The maximum absolute atomic E-state index is 13.3. The van der Waals surface area contributed by atoms with Crippen molar-refractivity contribution >= 4 is 37.8 Å². The number of carbonyl (C=O) groups is 1. The zero-order valence-corrected chi connectivity index (χ0v) is 10.1. The normalized spacial score (nSPS) is 10.1. The van der Waals surface area contributed by atoms with E-state index >= 15 is 0 Å². The first-order chi connectivity index (χ1) is 6.49. The summed E-state index contributed by atoms with van der Waals surface area (Å²) in [5.41, 5.74) is -0.326. The van der Waals surface area contributed by atoms with Crippen molar-refractivity contribution in [2.75, 3.05) is 7.11 Å². The molecule has 6 heteroatoms. The summed E-state index contributed by atoms with van der Waals surface area (Å²) in [6.07, 6.45) is 0. The fourth-order valence-corrected chi connectivity index (χ4v) is 1.95. The minimum atomic E-state index is -0.974. The Labute approximate surface area is 95.5 Å². The quantitative estimate of drug-likeness (QED) is 0.449. The summed E-state index contributed by atoms with van der Waals surface area (Å²) in [6, 6.07) is 1.03. The minimum absolute atomic E-state index is 0.00817. The fraction of sp³-hybridized carbons (Fsp3) is 0.125. The Bertz CT molecular complexity index is 393. The first-order valence-corrected chi connectivity index (χ1v) is 4.99. The number of hydrogen-bond donors (Lipinski definition) is 0. The number of hydrogen-bond acceptors (Lipinski definition) is 2. The van der Waals surface area contributed by atoms with Gasteiger partial charge in [0.15, 0.2) is 11.6 Å². The topological polar surface area (TPSA) is 26.3 Å². The molecule has 0 atom stereocenters. The number of methoxy groups -OCH3 is 1. The third-order valence-electron chi connectivity index (χ3n) is 1.51. The van der Waals surface area contributed by atoms with Crippen molar-refractivity contribution in [3.05, 3.63) is 32.2 Å². The van der Waals surface area contributed by atoms with Crippen LogP contribution >= 0.6 is 31.9 Å². The van der Waals surface area contributed by atoms with Crippen molar-refractivity contribution in [3.8, 4) is 0 Å². The van der Waals surface area contributed by atoms with Crippen molar-refractivity contribution in [3.63, 3.8) is 0 Å². The lowest BCUT2D eigenvalue weighted by Crippen LogP contribution is -2.06. The molecule has 0 fully saturated rings. The molecule has 1 aromatic carbocycles. The molecule has 0 N–H and O–H groups in total. The number of ether oxygens (including phenoxy) is 1. The molecule has 0 aliphatic carbocycles. The van der Waals surface area contributed by atoms with Gasteiger partial charge >= 0.3 is 5.97 Å². The van der Waals surface area contributed by atoms with E-state index in [1.807, 2.05) is 0 Å². The zero-order chi connectivity index (χ0) is 10.9. The van der Waals surface area contributed by atoms with E-state index < -0.39 is 22.1 Å². The van der Waals surface area contributed by atoms with Crippen molar-refractivity contribution in [2.24, 2.45) is 0 Å². The van der Waals surface area contributed by atoms with Gasteiger partial charge in [0.25, 0.3) is 0 Å². The average Bonchev–Trinajstić information content (AvgIpc) is 2.19. The van der Waals surface area contributed by atoms with E-state index in [0.717, 1.165) is 13.2 Å². The summed E-state index contributed by atoms with van der Waals surface area (Å²) in [6.45, 7) is 0. The third kappa shape index (κ3) is 1.95. The summed E-state index contributed by atoms with van der Waals surface area (Å²) < 4.78 is 30.2. The highest BCUT2D eigenvalue weighted by atomic mass is 79.9. The van der Waals surface area contributed by atoms with E-state index in [-0.39, 0.29) is 10.0 Å². The third-order valence-corrected chi connectivity index (χ3v) is 2.78. The smallest absolute Gasteiger partial charge is 0.340 e. The summed E-state index contributed by atoms with van der Waals surface area (Å²) in [7, 11) is 1.12. The Morgan fingerprint density at radius 2 is 1.93 bits per heavy atom. The molecule has 0 radical (unpaired) electrons. The van der Waals surface area contributed by atoms with Crippen LogP contribution in [-0.2, 0) is 4.74 Å². The van der Waals surface area contributed by atoms with Crippen LogP contribution in [0.1, 0.15) is 10.4 Å². The molecule has 76 valence electrons. The molecule has 0 aliphatic rings. The molecule has 0 aliphatic heterocycles. The van der Waals surface area contributed by atoms with Crippen molar-refractivity contribution in [1.82, 2.24) is 0 Å². The molecule has 0 heterocycles. The number of benzene rings is 1. The predicted octanol–water partition coefficient (Wildman–Crippen LogP) is 3.28. The molecule has 0 aromatic heterocycles. The number of rotatable bonds is 1. The van der Waals surface area contributed by atoms with Gasteiger partial charge in [-0.25, -0.2) is 13.6 Å². The van der Waals surface area contributed by atoms with E-state index in [1.165, 1.54) is 0 Å². The molecule has 1 aromatic rings. The highest BCUT2D eigenvalue weighted by molar-refractivity contribution is 9.11. The molecular formula is C8H4Br2F2O2. The lowest BCUT2D eigenvalue weighted by molar-refractivity contribution is 0.0595. The van der Waals surface area contributed by atoms with Crippen molar-refractivity contribution in [1.29, 1.82) is 0 Å². The van der Waals surface area contributed by atoms with Gasteiger partial charge in [-0.05, 0) is 37.9 Å². The van der Waals surface area contributed by atoms with Gasteiger partial charge < -0.3 is 4.74 Å². The molecule has 0 spiro atoms. The van der Waals surface area contributed by atoms with Gasteiger partial charge in [-0.1, -0.05) is 0 Å². The van der Waals surface area contributed by atoms with E-state index in [9.17, 15) is 13.6 Å². The van der Waals surface area contributed by atoms with E-state index in [2.05, 4.69) is 36.6 Å². The molecular weight excluding hydrogens is 326 g/mol. The van der Waals surface area contributed by atoms with Gasteiger partial charge in [0.2, 0.25) is 0 Å². The van der Waals surface area contributed by atoms with E-state index in [1.54, 1.807) is 0 Å². The summed E-state index contributed by atoms with van der Waals surface area (Å²) in [5.74, 6) is -2.63. The SMILES string of the molecule is COC(=O)c1cc(Br)c(F)c(Br)c1F. The van der Waals surface area contributed by atoms with Gasteiger partial charge in [0.05, 0.1) is 21.6 Å². The van der Waals surface area contributed by atoms with Crippen molar-refractivity contribution in [2.45, 2.75) is 0 Å². The first-order valence-electron chi connectivity index (χ1n) is 3.40. The van der Waals surface area contributed by atoms with Crippen LogP contribution in [0, 0.1) is 11.6 Å². The zero-order valence-electron chi connectivity index (χ0n) is 6.91. The van der Waals surface area contributed by atoms with Crippen LogP contribution in [0.2, 0.25) is 0 Å². The van der Waals surface area contributed by atoms with Crippen LogP contribution in [0.3, 0.4) is 0 Å². The Morgan fingerprint density at radius 1 is 1.36 bits per heavy atom. The Kier molecular flexibility index (Phi) is 3.60. The van der Waals surface area contributed by atoms with Crippen LogP contribution in [0.4, 0.5) is 8.78 Å². The molecule has 0 bridgehead atoms. The highest BCUT2D eigenvalue weighted by Gasteiger charge is 2.20. The van der Waals surface area contributed by atoms with E-state index in [0.29, 0.717) is 0 Å². The second kappa shape index (κ2) is 4.35. The van der Waals surface area contributed by atoms with Gasteiger partial charge in [-0.15, -0.1) is 0 Å². The lowest BCUT2D eigenvalue weighted by Gasteiger charge is -2.05. The second-order valence-corrected chi connectivity index (χ2v) is 3.99. The molecule has 0 saturated heterocycles. The fourth-order valence-electron chi connectivity index (χ4n) is 0.831. The minimum Gasteiger partial charge on any atom is -0.465 e. The van der Waals surface area contributed by atoms with Crippen LogP contribution in [0.25, 0.3) is 0 Å². The second-order valence-electron chi connectivity index (χ2n) is 2.34. The molecule has 0 saturated carbocycles. The van der Waals surface area contributed by atoms with Crippen molar-refractivity contribution < 1.29 is 18.3 Å². The van der Waals surface area contributed by atoms with E-state index in [4.69, 9.17) is 0 Å². The summed E-state index contributed by atoms with van der Waals surface area (Å²) in [5, 5.41) is 0. The largest absolute Gasteiger partial charge is 0.465 e. The lowest BCUT2D eigenvalue weighted by atomic mass is 10.2. The van der Waals surface area contributed by atoms with Gasteiger partial charge in [0.1, 0.15) is 0 Å². The van der Waals surface area contributed by atoms with Crippen LogP contribution < -0.4 is 0 Å². The molecule has 2 nitrogen and oxygen atoms in total. The standard InChI is InChI=1S/C8H4Br2F2O2/c1-14-8(13)3-2-4(9)7(12)5(10)6(3)11/h2H,1H3. The monoisotopic (exact) mass is 328 g/mol. The first kappa shape index (κ1) is 11.6. The predicted molar refractivity (Wildman–Crippen MR) is 53.1 cm³/mol. The Morgan fingerprint density at radius 3 is 2.43 bits per heavy atom. The van der Waals surface area contributed by atoms with Crippen LogP contribution in [0.5, 0.6) is 0 Å². The molecule has 0 amide bonds. The Hall–Kier alpha value is -0.490. The van der Waals surface area contributed by atoms with Crippen LogP contribution in [0.15, 0.2) is 15.0 Å². The molecule has 0 unspecified atom stereocenters. The van der Waals surface area contributed by atoms with Gasteiger partial charge in [0, 0.05) is 0 Å². The number of esters is 1. The summed E-state index contributed by atoms with van der Waals surface area (Å²) >= 11 is 5.54. The number of halogens is 4. The maximum Gasteiger partial charge on any atom is 0.340 e. The average molecular weight is 330 g/mol. The number of carbonyl (C=O) groups excluding carboxylic acids is 1. The maximum atomic E-state index is 13.3. The molecule has 14 heavy (non-hydrogen) atoms. The van der Waals surface area contributed by atoms with Gasteiger partial charge in [-0.2, -0.15) is 0 Å². The summed E-state index contributed by atoms with van der Waals surface area (Å²) in [4.78, 5) is 11.0. The Balaban J connectivity index is 3.40. The molecule has 1 rings (SSSR count).